The molecule has 9 heteroatoms. The van der Waals surface area contributed by atoms with Crippen LogP contribution in [0.5, 0.6) is 0 Å². The van der Waals surface area contributed by atoms with E-state index in [0.717, 1.165) is 6.07 Å². The van der Waals surface area contributed by atoms with Gasteiger partial charge in [0.25, 0.3) is 5.91 Å². The Morgan fingerprint density at radius 2 is 2.00 bits per heavy atom. The molecule has 110 valence electrons. The summed E-state index contributed by atoms with van der Waals surface area (Å²) in [4.78, 5) is 19.7. The van der Waals surface area contributed by atoms with Gasteiger partial charge in [-0.3, -0.25) is 9.78 Å². The van der Waals surface area contributed by atoms with E-state index in [4.69, 9.17) is 16.7 Å². The van der Waals surface area contributed by atoms with Gasteiger partial charge in [0, 0.05) is 6.20 Å². The van der Waals surface area contributed by atoms with Crippen molar-refractivity contribution in [3.63, 3.8) is 0 Å². The van der Waals surface area contributed by atoms with Gasteiger partial charge in [-0.1, -0.05) is 11.6 Å². The maximum Gasteiger partial charge on any atom is 0.275 e. The lowest BCUT2D eigenvalue weighted by Gasteiger charge is -2.08. The van der Waals surface area contributed by atoms with E-state index >= 15 is 0 Å². The first-order valence-corrected chi connectivity index (χ1v) is 7.62. The number of benzene rings is 1. The average molecular weight is 327 g/mol. The molecule has 21 heavy (non-hydrogen) atoms. The number of hydrogen-bond donors (Lipinski definition) is 2. The Balaban J connectivity index is 2.24. The van der Waals surface area contributed by atoms with Crippen molar-refractivity contribution in [1.29, 1.82) is 0 Å². The second kappa shape index (κ2) is 5.76. The van der Waals surface area contributed by atoms with Crippen molar-refractivity contribution in [1.82, 2.24) is 9.97 Å². The highest BCUT2D eigenvalue weighted by Crippen LogP contribution is 2.25. The Bertz CT molecular complexity index is 791. The highest BCUT2D eigenvalue weighted by atomic mass is 35.5. The number of hydrogen-bond acceptors (Lipinski definition) is 5. The van der Waals surface area contributed by atoms with Gasteiger partial charge in [-0.25, -0.2) is 18.5 Å². The van der Waals surface area contributed by atoms with Crippen LogP contribution in [0.25, 0.3) is 0 Å². The Labute approximate surface area is 126 Å². The second-order valence-electron chi connectivity index (χ2n) is 4.18. The van der Waals surface area contributed by atoms with Gasteiger partial charge in [0.05, 0.1) is 27.5 Å². The first-order chi connectivity index (χ1) is 9.77. The van der Waals surface area contributed by atoms with Gasteiger partial charge in [-0.05, 0) is 25.1 Å². The fourth-order valence-corrected chi connectivity index (χ4v) is 2.30. The SMILES string of the molecule is Cc1cnc(C(=O)Nc2ccc(S(N)(=O)=O)cc2Cl)cn1. The first kappa shape index (κ1) is 15.4. The molecule has 0 aliphatic carbocycles. The number of nitrogens with one attached hydrogen (secondary N) is 1. The van der Waals surface area contributed by atoms with Gasteiger partial charge in [-0.2, -0.15) is 0 Å². The molecule has 3 N–H and O–H groups in total. The fraction of sp³-hybridized carbons (Fsp3) is 0.0833. The standard InChI is InChI=1S/C12H11ClN4O3S/c1-7-5-16-11(6-15-7)12(18)17-10-3-2-8(4-9(10)13)21(14,19)20/h2-6H,1H3,(H,17,18)(H2,14,19,20). The molecule has 0 atom stereocenters. The lowest BCUT2D eigenvalue weighted by atomic mass is 10.3. The van der Waals surface area contributed by atoms with Crippen molar-refractivity contribution in [2.45, 2.75) is 11.8 Å². The molecule has 0 aliphatic rings. The quantitative estimate of drug-likeness (QED) is 0.883. The normalized spacial score (nSPS) is 11.2. The van der Waals surface area contributed by atoms with Crippen molar-refractivity contribution >= 4 is 33.2 Å². The summed E-state index contributed by atoms with van der Waals surface area (Å²) < 4.78 is 22.4. The summed E-state index contributed by atoms with van der Waals surface area (Å²) in [6, 6.07) is 3.76. The highest BCUT2D eigenvalue weighted by Gasteiger charge is 2.13. The van der Waals surface area contributed by atoms with E-state index in [9.17, 15) is 13.2 Å². The maximum atomic E-state index is 11.9. The van der Waals surface area contributed by atoms with Gasteiger partial charge in [0.2, 0.25) is 10.0 Å². The molecule has 0 unspecified atom stereocenters. The second-order valence-corrected chi connectivity index (χ2v) is 6.15. The number of sulfonamides is 1. The number of carbonyl (C=O) groups excluding carboxylic acids is 1. The maximum absolute atomic E-state index is 11.9. The fourth-order valence-electron chi connectivity index (χ4n) is 1.47. The van der Waals surface area contributed by atoms with Gasteiger partial charge < -0.3 is 5.32 Å². The van der Waals surface area contributed by atoms with Gasteiger partial charge in [0.1, 0.15) is 5.69 Å². The number of carbonyl (C=O) groups is 1. The van der Waals surface area contributed by atoms with E-state index in [2.05, 4.69) is 15.3 Å². The van der Waals surface area contributed by atoms with Crippen LogP contribution in [0.4, 0.5) is 5.69 Å². The molecular formula is C12H11ClN4O3S. The number of amides is 1. The van der Waals surface area contributed by atoms with Crippen LogP contribution in [0.2, 0.25) is 5.02 Å². The van der Waals surface area contributed by atoms with E-state index in [-0.39, 0.29) is 21.3 Å². The van der Waals surface area contributed by atoms with Crippen LogP contribution < -0.4 is 10.5 Å². The molecule has 1 heterocycles. The molecule has 0 saturated heterocycles. The van der Waals surface area contributed by atoms with E-state index in [1.165, 1.54) is 24.5 Å². The molecule has 0 saturated carbocycles. The minimum Gasteiger partial charge on any atom is -0.319 e. The minimum absolute atomic E-state index is 0.0509. The van der Waals surface area contributed by atoms with Crippen molar-refractivity contribution in [2.24, 2.45) is 5.14 Å². The van der Waals surface area contributed by atoms with Crippen molar-refractivity contribution in [3.05, 3.63) is 47.0 Å². The zero-order valence-electron chi connectivity index (χ0n) is 10.9. The van der Waals surface area contributed by atoms with Gasteiger partial charge in [0.15, 0.2) is 0 Å². The van der Waals surface area contributed by atoms with E-state index in [1.54, 1.807) is 6.92 Å². The third-order valence-corrected chi connectivity index (χ3v) is 3.75. The van der Waals surface area contributed by atoms with Crippen LogP contribution in [-0.4, -0.2) is 24.3 Å². The van der Waals surface area contributed by atoms with Crippen molar-refractivity contribution in [2.75, 3.05) is 5.32 Å². The number of rotatable bonds is 3. The van der Waals surface area contributed by atoms with Crippen LogP contribution in [0, 0.1) is 6.92 Å². The first-order valence-electron chi connectivity index (χ1n) is 5.70. The Hall–Kier alpha value is -2.03. The molecule has 7 nitrogen and oxygen atoms in total. The third-order valence-electron chi connectivity index (χ3n) is 2.53. The Morgan fingerprint density at radius 1 is 1.29 bits per heavy atom. The monoisotopic (exact) mass is 326 g/mol. The Morgan fingerprint density at radius 3 is 2.52 bits per heavy atom. The predicted molar refractivity (Wildman–Crippen MR) is 77.5 cm³/mol. The topological polar surface area (TPSA) is 115 Å². The zero-order valence-corrected chi connectivity index (χ0v) is 12.4. The van der Waals surface area contributed by atoms with Gasteiger partial charge >= 0.3 is 0 Å². The largest absolute Gasteiger partial charge is 0.319 e. The van der Waals surface area contributed by atoms with Crippen molar-refractivity contribution in [3.8, 4) is 0 Å². The van der Waals surface area contributed by atoms with Crippen LogP contribution in [-0.2, 0) is 10.0 Å². The molecule has 0 bridgehead atoms. The van der Waals surface area contributed by atoms with Crippen LogP contribution >= 0.6 is 11.6 Å². The summed E-state index contributed by atoms with van der Waals surface area (Å²) in [6.07, 6.45) is 2.79. The average Bonchev–Trinajstić information content (AvgIpc) is 2.40. The molecular weight excluding hydrogens is 316 g/mol. The summed E-state index contributed by atoms with van der Waals surface area (Å²) >= 11 is 5.92. The lowest BCUT2D eigenvalue weighted by Crippen LogP contribution is -2.15. The number of anilines is 1. The minimum atomic E-state index is -3.85. The van der Waals surface area contributed by atoms with Crippen LogP contribution in [0.15, 0.2) is 35.5 Å². The summed E-state index contributed by atoms with van der Waals surface area (Å²) in [7, 11) is -3.85. The van der Waals surface area contributed by atoms with Crippen molar-refractivity contribution < 1.29 is 13.2 Å². The highest BCUT2D eigenvalue weighted by molar-refractivity contribution is 7.89. The summed E-state index contributed by atoms with van der Waals surface area (Å²) in [5.41, 5.74) is 1.05. The number of aromatic nitrogens is 2. The van der Waals surface area contributed by atoms with Crippen LogP contribution in [0.3, 0.4) is 0 Å². The van der Waals surface area contributed by atoms with E-state index < -0.39 is 15.9 Å². The van der Waals surface area contributed by atoms with E-state index in [1.807, 2.05) is 0 Å². The van der Waals surface area contributed by atoms with E-state index in [0.29, 0.717) is 5.69 Å². The summed E-state index contributed by atoms with van der Waals surface area (Å²) in [6.45, 7) is 1.75. The number of primary sulfonamides is 1. The molecule has 0 aliphatic heterocycles. The molecule has 0 spiro atoms. The van der Waals surface area contributed by atoms with Gasteiger partial charge in [-0.15, -0.1) is 0 Å². The number of halogens is 1. The number of aryl methyl sites for hydroxylation is 1. The predicted octanol–water partition coefficient (Wildman–Crippen LogP) is 1.34. The lowest BCUT2D eigenvalue weighted by molar-refractivity contribution is 0.102. The smallest absolute Gasteiger partial charge is 0.275 e. The molecule has 0 fully saturated rings. The molecule has 2 aromatic rings. The third kappa shape index (κ3) is 3.75. The zero-order chi connectivity index (χ0) is 15.6. The molecule has 0 radical (unpaired) electrons. The van der Waals surface area contributed by atoms with Crippen LogP contribution in [0.1, 0.15) is 16.2 Å². The molecule has 2 rings (SSSR count). The number of nitrogens with zero attached hydrogens (tertiary/aromatic N) is 2. The number of nitrogens with two attached hydrogens (primary N) is 1. The summed E-state index contributed by atoms with van der Waals surface area (Å²) in [5, 5.41) is 7.56. The molecule has 1 aromatic carbocycles. The molecule has 1 aromatic heterocycles. The Kier molecular flexibility index (Phi) is 4.21. The summed E-state index contributed by atoms with van der Waals surface area (Å²) in [5.74, 6) is -0.507. The molecule has 1 amide bonds.